The Balaban J connectivity index is 1.18. The summed E-state index contributed by atoms with van der Waals surface area (Å²) < 4.78 is 0. The highest BCUT2D eigenvalue weighted by Crippen LogP contribution is 2.40. The average molecular weight is 611 g/mol. The van der Waals surface area contributed by atoms with Gasteiger partial charge in [-0.1, -0.05) is 121 Å². The second-order valence-electron chi connectivity index (χ2n) is 12.0. The van der Waals surface area contributed by atoms with Gasteiger partial charge in [-0.3, -0.25) is 4.98 Å². The molecular formula is C44H26N4. The maximum Gasteiger partial charge on any atom is 0.161 e. The minimum Gasteiger partial charge on any atom is -0.264 e. The first-order valence-corrected chi connectivity index (χ1v) is 15.9. The lowest BCUT2D eigenvalue weighted by Crippen LogP contribution is -1.97. The summed E-state index contributed by atoms with van der Waals surface area (Å²) in [5, 5.41) is 17.0. The second-order valence-corrected chi connectivity index (χ2v) is 12.0. The molecule has 48 heavy (non-hydrogen) atoms. The third-order valence-electron chi connectivity index (χ3n) is 9.20. The van der Waals surface area contributed by atoms with Crippen LogP contribution in [0.25, 0.3) is 88.5 Å². The van der Waals surface area contributed by atoms with Crippen molar-refractivity contribution in [1.29, 1.82) is 5.26 Å². The van der Waals surface area contributed by atoms with E-state index in [0.717, 1.165) is 44.8 Å². The molecule has 9 rings (SSSR count). The maximum absolute atomic E-state index is 9.38. The van der Waals surface area contributed by atoms with Gasteiger partial charge in [0.15, 0.2) is 5.82 Å². The van der Waals surface area contributed by atoms with Gasteiger partial charge in [-0.15, -0.1) is 0 Å². The van der Waals surface area contributed by atoms with Crippen LogP contribution in [0.3, 0.4) is 0 Å². The topological polar surface area (TPSA) is 62.5 Å². The zero-order chi connectivity index (χ0) is 32.0. The molecule has 9 aromatic rings. The number of hydrogen-bond acceptors (Lipinski definition) is 4. The first kappa shape index (κ1) is 27.6. The summed E-state index contributed by atoms with van der Waals surface area (Å²) in [6, 6.07) is 52.5. The predicted octanol–water partition coefficient (Wildman–Crippen LogP) is 11.0. The molecule has 0 amide bonds. The smallest absolute Gasteiger partial charge is 0.161 e. The van der Waals surface area contributed by atoms with Crippen molar-refractivity contribution in [3.63, 3.8) is 0 Å². The summed E-state index contributed by atoms with van der Waals surface area (Å²) in [6.07, 6.45) is 3.64. The number of hydrogen-bond donors (Lipinski definition) is 0. The van der Waals surface area contributed by atoms with Crippen LogP contribution in [-0.2, 0) is 0 Å². The number of benzene rings is 7. The fourth-order valence-electron chi connectivity index (χ4n) is 6.84. The molecule has 7 aromatic carbocycles. The summed E-state index contributed by atoms with van der Waals surface area (Å²) >= 11 is 0. The first-order chi connectivity index (χ1) is 23.7. The SMILES string of the molecule is N#Cc1ccc(-c2cc(-c3ccc(-c4ccc5ccc6cccc7ccc4c5c67)cc3)nc(-c3ccccc3-c3cccnc3)n2)cc1. The van der Waals surface area contributed by atoms with Gasteiger partial charge >= 0.3 is 0 Å². The molecule has 0 atom stereocenters. The zero-order valence-electron chi connectivity index (χ0n) is 25.8. The van der Waals surface area contributed by atoms with Crippen LogP contribution in [0.15, 0.2) is 158 Å². The van der Waals surface area contributed by atoms with Crippen LogP contribution in [0.5, 0.6) is 0 Å². The van der Waals surface area contributed by atoms with Gasteiger partial charge in [-0.05, 0) is 73.3 Å². The first-order valence-electron chi connectivity index (χ1n) is 15.9. The van der Waals surface area contributed by atoms with Crippen LogP contribution in [-0.4, -0.2) is 15.0 Å². The number of rotatable bonds is 5. The normalized spacial score (nSPS) is 11.3. The molecule has 0 fully saturated rings. The van der Waals surface area contributed by atoms with E-state index in [1.807, 2.05) is 54.7 Å². The number of pyridine rings is 1. The van der Waals surface area contributed by atoms with Gasteiger partial charge in [-0.25, -0.2) is 9.97 Å². The number of aromatic nitrogens is 3. The van der Waals surface area contributed by atoms with Crippen LogP contribution in [0.4, 0.5) is 0 Å². The Morgan fingerprint density at radius 1 is 0.458 bits per heavy atom. The Kier molecular flexibility index (Phi) is 6.48. The van der Waals surface area contributed by atoms with Crippen molar-refractivity contribution >= 4 is 32.3 Å². The molecule has 222 valence electrons. The van der Waals surface area contributed by atoms with Crippen molar-refractivity contribution in [3.8, 4) is 62.2 Å². The molecule has 2 aromatic heterocycles. The highest BCUT2D eigenvalue weighted by molar-refractivity contribution is 6.25. The highest BCUT2D eigenvalue weighted by atomic mass is 14.9. The molecule has 0 saturated carbocycles. The molecule has 0 aliphatic rings. The van der Waals surface area contributed by atoms with Crippen molar-refractivity contribution in [3.05, 3.63) is 164 Å². The Hall–Kier alpha value is -6.70. The van der Waals surface area contributed by atoms with Gasteiger partial charge in [0, 0.05) is 34.6 Å². The number of nitriles is 1. The Morgan fingerprint density at radius 3 is 1.77 bits per heavy atom. The van der Waals surface area contributed by atoms with Crippen LogP contribution in [0.1, 0.15) is 5.56 Å². The fourth-order valence-corrected chi connectivity index (χ4v) is 6.84. The van der Waals surface area contributed by atoms with Gasteiger partial charge in [-0.2, -0.15) is 5.26 Å². The molecular weight excluding hydrogens is 585 g/mol. The van der Waals surface area contributed by atoms with Crippen LogP contribution >= 0.6 is 0 Å². The summed E-state index contributed by atoms with van der Waals surface area (Å²) in [5.74, 6) is 0.627. The van der Waals surface area contributed by atoms with E-state index in [1.165, 1.54) is 37.9 Å². The summed E-state index contributed by atoms with van der Waals surface area (Å²) in [4.78, 5) is 14.6. The minimum atomic E-state index is 0.609. The van der Waals surface area contributed by atoms with Crippen molar-refractivity contribution < 1.29 is 0 Å². The van der Waals surface area contributed by atoms with Crippen LogP contribution < -0.4 is 0 Å². The average Bonchev–Trinajstić information content (AvgIpc) is 3.17. The van der Waals surface area contributed by atoms with E-state index in [-0.39, 0.29) is 0 Å². The molecule has 0 radical (unpaired) electrons. The second kappa shape index (κ2) is 11.3. The number of nitrogens with zero attached hydrogens (tertiary/aromatic N) is 4. The largest absolute Gasteiger partial charge is 0.264 e. The lowest BCUT2D eigenvalue weighted by atomic mass is 9.89. The van der Waals surface area contributed by atoms with Crippen LogP contribution in [0.2, 0.25) is 0 Å². The van der Waals surface area contributed by atoms with Gasteiger partial charge in [0.2, 0.25) is 0 Å². The molecule has 0 N–H and O–H groups in total. The van der Waals surface area contributed by atoms with E-state index in [9.17, 15) is 5.26 Å². The fraction of sp³-hybridized carbons (Fsp3) is 0. The van der Waals surface area contributed by atoms with Crippen LogP contribution in [0, 0.1) is 11.3 Å². The Labute approximate surface area is 277 Å². The molecule has 0 bridgehead atoms. The maximum atomic E-state index is 9.38. The van der Waals surface area contributed by atoms with E-state index in [2.05, 4.69) is 108 Å². The molecule has 4 heteroatoms. The van der Waals surface area contributed by atoms with Crippen molar-refractivity contribution in [2.75, 3.05) is 0 Å². The van der Waals surface area contributed by atoms with Gasteiger partial charge in [0.1, 0.15) is 0 Å². The van der Waals surface area contributed by atoms with Gasteiger partial charge in [0.25, 0.3) is 0 Å². The molecule has 0 aliphatic heterocycles. The standard InChI is InChI=1S/C44H26N4/c45-26-28-10-12-30(13-11-28)40-25-41(48-44(47-40)39-9-2-1-8-36(39)35-7-4-24-46-27-35)31-16-14-29(15-17-31)37-22-20-34-19-18-32-5-3-6-33-21-23-38(37)43(34)42(32)33/h1-25,27H. The third kappa shape index (κ3) is 4.65. The minimum absolute atomic E-state index is 0.609. The van der Waals surface area contributed by atoms with E-state index < -0.39 is 0 Å². The summed E-state index contributed by atoms with van der Waals surface area (Å²) in [7, 11) is 0. The molecule has 0 spiro atoms. The molecule has 2 heterocycles. The highest BCUT2D eigenvalue weighted by Gasteiger charge is 2.16. The van der Waals surface area contributed by atoms with E-state index in [4.69, 9.17) is 9.97 Å². The molecule has 0 unspecified atom stereocenters. The molecule has 4 nitrogen and oxygen atoms in total. The van der Waals surface area contributed by atoms with Gasteiger partial charge < -0.3 is 0 Å². The zero-order valence-corrected chi connectivity index (χ0v) is 25.8. The summed E-state index contributed by atoms with van der Waals surface area (Å²) in [5.41, 5.74) is 9.43. The van der Waals surface area contributed by atoms with Crippen molar-refractivity contribution in [1.82, 2.24) is 15.0 Å². The predicted molar refractivity (Wildman–Crippen MR) is 195 cm³/mol. The molecule has 0 saturated heterocycles. The lowest BCUT2D eigenvalue weighted by Gasteiger charge is -2.15. The Bertz CT molecular complexity index is 2640. The molecule has 0 aliphatic carbocycles. The van der Waals surface area contributed by atoms with Crippen molar-refractivity contribution in [2.45, 2.75) is 0 Å². The van der Waals surface area contributed by atoms with E-state index >= 15 is 0 Å². The quantitative estimate of drug-likeness (QED) is 0.182. The Morgan fingerprint density at radius 2 is 1.08 bits per heavy atom. The van der Waals surface area contributed by atoms with Gasteiger partial charge in [0.05, 0.1) is 23.0 Å². The lowest BCUT2D eigenvalue weighted by molar-refractivity contribution is 1.18. The third-order valence-corrected chi connectivity index (χ3v) is 9.20. The monoisotopic (exact) mass is 610 g/mol. The van der Waals surface area contributed by atoms with E-state index in [0.29, 0.717) is 11.4 Å². The summed E-state index contributed by atoms with van der Waals surface area (Å²) in [6.45, 7) is 0. The van der Waals surface area contributed by atoms with E-state index in [1.54, 1.807) is 6.20 Å². The van der Waals surface area contributed by atoms with Crippen molar-refractivity contribution in [2.24, 2.45) is 0 Å².